The topological polar surface area (TPSA) is 48.0 Å². The molecular weight excluding hydrogens is 205 g/mol. The highest BCUT2D eigenvalue weighted by Crippen LogP contribution is 2.43. The van der Waals surface area contributed by atoms with E-state index in [1.807, 2.05) is 4.90 Å². The highest BCUT2D eigenvalue weighted by molar-refractivity contribution is 7.41. The van der Waals surface area contributed by atoms with E-state index in [9.17, 15) is 4.79 Å². The van der Waals surface area contributed by atoms with Crippen molar-refractivity contribution < 1.29 is 18.4 Å². The first-order valence-electron chi connectivity index (χ1n) is 4.83. The molecule has 0 unspecified atom stereocenters. The van der Waals surface area contributed by atoms with E-state index in [-0.39, 0.29) is 5.91 Å². The van der Waals surface area contributed by atoms with Gasteiger partial charge in [-0.2, -0.15) is 0 Å². The van der Waals surface area contributed by atoms with Crippen LogP contribution in [0.3, 0.4) is 0 Å². The van der Waals surface area contributed by atoms with Crippen LogP contribution in [-0.4, -0.2) is 43.7 Å². The lowest BCUT2D eigenvalue weighted by molar-refractivity contribution is -0.128. The summed E-state index contributed by atoms with van der Waals surface area (Å²) in [6.07, 6.45) is 1.66. The van der Waals surface area contributed by atoms with Crippen molar-refractivity contribution in [3.63, 3.8) is 0 Å². The third-order valence-electron chi connectivity index (χ3n) is 2.21. The summed E-state index contributed by atoms with van der Waals surface area (Å²) in [5, 5.41) is 0. The maximum absolute atomic E-state index is 11.2. The van der Waals surface area contributed by atoms with Crippen molar-refractivity contribution in [3.05, 3.63) is 0 Å². The van der Waals surface area contributed by atoms with Crippen LogP contribution in [0, 0.1) is 0 Å². The van der Waals surface area contributed by atoms with E-state index < -0.39 is 8.60 Å². The Morgan fingerprint density at radius 2 is 2.21 bits per heavy atom. The lowest BCUT2D eigenvalue weighted by Gasteiger charge is -2.15. The molecule has 14 heavy (non-hydrogen) atoms. The SMILES string of the molecule is O=C1CCCN1CCOP1OCCO1. The zero-order chi connectivity index (χ0) is 9.80. The van der Waals surface area contributed by atoms with Gasteiger partial charge in [-0.1, -0.05) is 0 Å². The summed E-state index contributed by atoms with van der Waals surface area (Å²) in [7, 11) is -1.12. The van der Waals surface area contributed by atoms with Crippen LogP contribution >= 0.6 is 8.60 Å². The lowest BCUT2D eigenvalue weighted by atomic mass is 10.4. The molecule has 1 amide bonds. The Morgan fingerprint density at radius 3 is 2.86 bits per heavy atom. The van der Waals surface area contributed by atoms with Crippen LogP contribution in [0.1, 0.15) is 12.8 Å². The fourth-order valence-corrected chi connectivity index (χ4v) is 2.40. The summed E-state index contributed by atoms with van der Waals surface area (Å²) in [5.74, 6) is 0.231. The molecule has 2 saturated heterocycles. The lowest BCUT2D eigenvalue weighted by Crippen LogP contribution is -2.28. The van der Waals surface area contributed by atoms with E-state index in [1.54, 1.807) is 0 Å². The summed E-state index contributed by atoms with van der Waals surface area (Å²) in [6, 6.07) is 0. The van der Waals surface area contributed by atoms with Crippen molar-refractivity contribution in [2.45, 2.75) is 12.8 Å². The number of carbonyl (C=O) groups is 1. The molecule has 0 N–H and O–H groups in total. The summed E-state index contributed by atoms with van der Waals surface area (Å²) in [5.41, 5.74) is 0. The van der Waals surface area contributed by atoms with Crippen LogP contribution in [0.15, 0.2) is 0 Å². The summed E-state index contributed by atoms with van der Waals surface area (Å²) >= 11 is 0. The molecule has 0 atom stereocenters. The third kappa shape index (κ3) is 2.64. The molecule has 0 saturated carbocycles. The van der Waals surface area contributed by atoms with Gasteiger partial charge in [-0.05, 0) is 6.42 Å². The molecule has 5 nitrogen and oxygen atoms in total. The highest BCUT2D eigenvalue weighted by Gasteiger charge is 2.22. The Balaban J connectivity index is 1.60. The molecule has 0 aromatic carbocycles. The second kappa shape index (κ2) is 5.03. The van der Waals surface area contributed by atoms with E-state index in [2.05, 4.69) is 0 Å². The molecule has 0 bridgehead atoms. The maximum atomic E-state index is 11.2. The van der Waals surface area contributed by atoms with E-state index in [1.165, 1.54) is 0 Å². The van der Waals surface area contributed by atoms with Crippen molar-refractivity contribution in [3.8, 4) is 0 Å². The van der Waals surface area contributed by atoms with Crippen LogP contribution in [0.2, 0.25) is 0 Å². The first-order valence-corrected chi connectivity index (χ1v) is 5.92. The second-order valence-corrected chi connectivity index (χ2v) is 4.43. The molecule has 0 aliphatic carbocycles. The van der Waals surface area contributed by atoms with Crippen molar-refractivity contribution in [2.24, 2.45) is 0 Å². The Labute approximate surface area is 84.3 Å². The van der Waals surface area contributed by atoms with Gasteiger partial charge in [-0.3, -0.25) is 4.79 Å². The molecule has 2 fully saturated rings. The molecule has 80 valence electrons. The molecule has 2 heterocycles. The molecule has 2 aliphatic heterocycles. The van der Waals surface area contributed by atoms with E-state index in [0.29, 0.717) is 32.8 Å². The van der Waals surface area contributed by atoms with E-state index >= 15 is 0 Å². The smallest absolute Gasteiger partial charge is 0.332 e. The van der Waals surface area contributed by atoms with Gasteiger partial charge in [0.2, 0.25) is 5.91 Å². The monoisotopic (exact) mass is 219 g/mol. The molecule has 0 aromatic heterocycles. The molecule has 0 radical (unpaired) electrons. The predicted molar refractivity (Wildman–Crippen MR) is 50.6 cm³/mol. The minimum absolute atomic E-state index is 0.231. The van der Waals surface area contributed by atoms with Gasteiger partial charge in [-0.25, -0.2) is 0 Å². The Bertz CT molecular complexity index is 208. The quantitative estimate of drug-likeness (QED) is 0.659. The van der Waals surface area contributed by atoms with Gasteiger partial charge in [0.1, 0.15) is 0 Å². The van der Waals surface area contributed by atoms with Gasteiger partial charge in [0, 0.05) is 19.5 Å². The molecule has 0 aromatic rings. The van der Waals surface area contributed by atoms with Crippen molar-refractivity contribution in [2.75, 3.05) is 32.9 Å². The Kier molecular flexibility index (Phi) is 3.70. The van der Waals surface area contributed by atoms with Gasteiger partial charge in [0.25, 0.3) is 0 Å². The van der Waals surface area contributed by atoms with Crippen LogP contribution < -0.4 is 0 Å². The zero-order valence-electron chi connectivity index (χ0n) is 7.98. The first kappa shape index (κ1) is 10.3. The predicted octanol–water partition coefficient (Wildman–Crippen LogP) is 0.899. The van der Waals surface area contributed by atoms with Gasteiger partial charge in [-0.15, -0.1) is 0 Å². The number of likely N-dealkylation sites (tertiary alicyclic amines) is 1. The van der Waals surface area contributed by atoms with Crippen LogP contribution in [0.4, 0.5) is 0 Å². The fraction of sp³-hybridized carbons (Fsp3) is 0.875. The summed E-state index contributed by atoms with van der Waals surface area (Å²) in [4.78, 5) is 13.0. The van der Waals surface area contributed by atoms with Crippen molar-refractivity contribution in [1.82, 2.24) is 4.90 Å². The van der Waals surface area contributed by atoms with Crippen molar-refractivity contribution in [1.29, 1.82) is 0 Å². The van der Waals surface area contributed by atoms with Crippen LogP contribution in [-0.2, 0) is 18.4 Å². The number of nitrogens with zero attached hydrogens (tertiary/aromatic N) is 1. The summed E-state index contributed by atoms with van der Waals surface area (Å²) < 4.78 is 15.7. The number of hydrogen-bond acceptors (Lipinski definition) is 4. The molecule has 6 heteroatoms. The van der Waals surface area contributed by atoms with E-state index in [0.717, 1.165) is 13.0 Å². The normalized spacial score (nSPS) is 23.7. The van der Waals surface area contributed by atoms with Gasteiger partial charge in [0.15, 0.2) is 0 Å². The van der Waals surface area contributed by atoms with Crippen LogP contribution in [0.25, 0.3) is 0 Å². The van der Waals surface area contributed by atoms with Gasteiger partial charge in [0.05, 0.1) is 19.8 Å². The number of hydrogen-bond donors (Lipinski definition) is 0. The molecule has 0 spiro atoms. The van der Waals surface area contributed by atoms with E-state index in [4.69, 9.17) is 13.6 Å². The Hall–Kier alpha value is -0.220. The van der Waals surface area contributed by atoms with Crippen molar-refractivity contribution >= 4 is 14.5 Å². The average Bonchev–Trinajstić information content (AvgIpc) is 2.78. The second-order valence-electron chi connectivity index (χ2n) is 3.21. The van der Waals surface area contributed by atoms with Gasteiger partial charge >= 0.3 is 8.60 Å². The van der Waals surface area contributed by atoms with Gasteiger partial charge < -0.3 is 18.5 Å². The van der Waals surface area contributed by atoms with Crippen LogP contribution in [0.5, 0.6) is 0 Å². The molecule has 2 rings (SSSR count). The average molecular weight is 219 g/mol. The molecule has 2 aliphatic rings. The fourth-order valence-electron chi connectivity index (χ4n) is 1.50. The first-order chi connectivity index (χ1) is 6.86. The largest absolute Gasteiger partial charge is 0.340 e. The number of carbonyl (C=O) groups excluding carboxylic acids is 1. The number of rotatable bonds is 4. The highest BCUT2D eigenvalue weighted by atomic mass is 31.2. The maximum Gasteiger partial charge on any atom is 0.332 e. The third-order valence-corrected chi connectivity index (χ3v) is 3.39. The standard InChI is InChI=1S/C8H14NO4P/c10-8-2-1-3-9(8)4-5-11-14-12-6-7-13-14/h1-7H2. The molecular formula is C8H14NO4P. The minimum Gasteiger partial charge on any atom is -0.340 e. The summed E-state index contributed by atoms with van der Waals surface area (Å²) in [6.45, 7) is 3.27. The zero-order valence-corrected chi connectivity index (χ0v) is 8.87. The minimum atomic E-state index is -1.12. The number of amides is 1. The Morgan fingerprint density at radius 1 is 1.43 bits per heavy atom.